The van der Waals surface area contributed by atoms with Crippen molar-refractivity contribution in [1.82, 2.24) is 4.90 Å². The maximum atomic E-state index is 12.6. The van der Waals surface area contributed by atoms with Crippen molar-refractivity contribution >= 4 is 12.1 Å². The molecule has 1 aliphatic heterocycles. The van der Waals surface area contributed by atoms with Gasteiger partial charge in [-0.1, -0.05) is 12.1 Å². The number of methoxy groups -OCH3 is 1. The molecule has 1 saturated heterocycles. The van der Waals surface area contributed by atoms with Gasteiger partial charge in [-0.25, -0.2) is 9.59 Å². The van der Waals surface area contributed by atoms with Crippen LogP contribution in [-0.4, -0.2) is 54.7 Å². The summed E-state index contributed by atoms with van der Waals surface area (Å²) in [6.45, 7) is 9.52. The number of nitrogens with zero attached hydrogens (tertiary/aromatic N) is 1. The number of carbonyl (C=O) groups is 2. The molecule has 0 aliphatic carbocycles. The summed E-state index contributed by atoms with van der Waals surface area (Å²) in [7, 11) is 1.32. The zero-order valence-electron chi connectivity index (χ0n) is 16.2. The number of hydrogen-bond donors (Lipinski definition) is 0. The molecule has 2 rings (SSSR count). The number of ether oxygens (including phenoxy) is 4. The Morgan fingerprint density at radius 3 is 2.54 bits per heavy atom. The molecule has 1 atom stereocenters. The Bertz CT molecular complexity index is 664. The molecule has 0 radical (unpaired) electrons. The lowest BCUT2D eigenvalue weighted by molar-refractivity contribution is -0.0637. The average Bonchev–Trinajstić information content (AvgIpc) is 2.85. The fourth-order valence-corrected chi connectivity index (χ4v) is 2.74. The first-order valence-electron chi connectivity index (χ1n) is 8.51. The minimum Gasteiger partial charge on any atom is -0.490 e. The Morgan fingerprint density at radius 1 is 1.27 bits per heavy atom. The fourth-order valence-electron chi connectivity index (χ4n) is 2.74. The second-order valence-electron chi connectivity index (χ2n) is 7.56. The van der Waals surface area contributed by atoms with E-state index in [2.05, 4.69) is 0 Å². The number of amides is 1. The third kappa shape index (κ3) is 4.66. The lowest BCUT2D eigenvalue weighted by Crippen LogP contribution is -2.51. The minimum absolute atomic E-state index is 0.163. The molecule has 7 nitrogen and oxygen atoms in total. The highest BCUT2D eigenvalue weighted by Crippen LogP contribution is 2.30. The number of benzene rings is 1. The summed E-state index contributed by atoms with van der Waals surface area (Å²) in [5.41, 5.74) is -1.09. The second-order valence-corrected chi connectivity index (χ2v) is 7.56. The van der Waals surface area contributed by atoms with E-state index in [1.54, 1.807) is 43.0 Å². The molecule has 1 fully saturated rings. The predicted molar refractivity (Wildman–Crippen MR) is 95.2 cm³/mol. The van der Waals surface area contributed by atoms with Crippen LogP contribution < -0.4 is 4.74 Å². The van der Waals surface area contributed by atoms with Gasteiger partial charge in [-0.15, -0.1) is 0 Å². The maximum Gasteiger partial charge on any atom is 0.413 e. The van der Waals surface area contributed by atoms with Crippen molar-refractivity contribution in [2.24, 2.45) is 0 Å². The van der Waals surface area contributed by atoms with E-state index in [0.29, 0.717) is 17.9 Å². The van der Waals surface area contributed by atoms with Gasteiger partial charge in [0.25, 0.3) is 0 Å². The quantitative estimate of drug-likeness (QED) is 0.763. The van der Waals surface area contributed by atoms with Crippen LogP contribution in [0, 0.1) is 0 Å². The number of para-hydroxylation sites is 1. The van der Waals surface area contributed by atoms with Crippen LogP contribution in [0.15, 0.2) is 24.3 Å². The predicted octanol–water partition coefficient (Wildman–Crippen LogP) is 3.22. The lowest BCUT2D eigenvalue weighted by Gasteiger charge is -2.35. The third-order valence-electron chi connectivity index (χ3n) is 3.89. The summed E-state index contributed by atoms with van der Waals surface area (Å²) in [6, 6.07) is 6.47. The minimum atomic E-state index is -0.807. The first kappa shape index (κ1) is 20.0. The summed E-state index contributed by atoms with van der Waals surface area (Å²) in [5.74, 6) is -0.0826. The standard InChI is InChI=1S/C19H27NO6/c1-18(2,3)26-17(22)20-13(12-25-19(20,4)5)11-24-15-10-8-7-9-14(15)16(21)23-6/h7-10,13H,11-12H2,1-6H3/t13-/m1/s1. The Morgan fingerprint density at radius 2 is 1.92 bits per heavy atom. The van der Waals surface area contributed by atoms with Crippen molar-refractivity contribution in [2.45, 2.75) is 52.0 Å². The Kier molecular flexibility index (Phi) is 5.81. The van der Waals surface area contributed by atoms with Crippen LogP contribution in [0.4, 0.5) is 4.79 Å². The van der Waals surface area contributed by atoms with Crippen LogP contribution in [-0.2, 0) is 14.2 Å². The van der Waals surface area contributed by atoms with Gasteiger partial charge in [0.15, 0.2) is 0 Å². The first-order chi connectivity index (χ1) is 12.0. The molecule has 0 aromatic heterocycles. The molecule has 1 heterocycles. The monoisotopic (exact) mass is 365 g/mol. The fraction of sp³-hybridized carbons (Fsp3) is 0.579. The highest BCUT2D eigenvalue weighted by atomic mass is 16.6. The van der Waals surface area contributed by atoms with Crippen molar-refractivity contribution in [2.75, 3.05) is 20.3 Å². The zero-order chi connectivity index (χ0) is 19.5. The molecule has 1 amide bonds. The van der Waals surface area contributed by atoms with Gasteiger partial charge in [-0.2, -0.15) is 0 Å². The molecule has 1 aromatic rings. The number of esters is 1. The molecule has 0 spiro atoms. The first-order valence-corrected chi connectivity index (χ1v) is 8.51. The van der Waals surface area contributed by atoms with Gasteiger partial charge in [0.2, 0.25) is 0 Å². The SMILES string of the molecule is COC(=O)c1ccccc1OC[C@@H]1COC(C)(C)N1C(=O)OC(C)(C)C. The van der Waals surface area contributed by atoms with Crippen molar-refractivity contribution in [1.29, 1.82) is 0 Å². The van der Waals surface area contributed by atoms with Gasteiger partial charge in [-0.3, -0.25) is 4.90 Å². The molecular weight excluding hydrogens is 338 g/mol. The molecule has 0 unspecified atom stereocenters. The summed E-state index contributed by atoms with van der Waals surface area (Å²) < 4.78 is 21.8. The molecule has 144 valence electrons. The van der Waals surface area contributed by atoms with Gasteiger partial charge < -0.3 is 18.9 Å². The highest BCUT2D eigenvalue weighted by molar-refractivity contribution is 5.92. The van der Waals surface area contributed by atoms with Crippen molar-refractivity contribution in [3.8, 4) is 5.75 Å². The normalized spacial score (nSPS) is 19.2. The largest absolute Gasteiger partial charge is 0.490 e. The number of carbonyl (C=O) groups excluding carboxylic acids is 2. The molecular formula is C19H27NO6. The zero-order valence-corrected chi connectivity index (χ0v) is 16.2. The summed E-state index contributed by atoms with van der Waals surface area (Å²) in [4.78, 5) is 26.0. The van der Waals surface area contributed by atoms with Crippen molar-refractivity contribution in [3.63, 3.8) is 0 Å². The van der Waals surface area contributed by atoms with Crippen LogP contribution in [0.25, 0.3) is 0 Å². The van der Waals surface area contributed by atoms with E-state index in [9.17, 15) is 9.59 Å². The van der Waals surface area contributed by atoms with Crippen LogP contribution in [0.5, 0.6) is 5.75 Å². The molecule has 1 aromatic carbocycles. The van der Waals surface area contributed by atoms with E-state index in [1.807, 2.05) is 20.8 Å². The van der Waals surface area contributed by atoms with E-state index < -0.39 is 23.4 Å². The van der Waals surface area contributed by atoms with Crippen LogP contribution in [0.2, 0.25) is 0 Å². The molecule has 0 saturated carbocycles. The van der Waals surface area contributed by atoms with E-state index in [1.165, 1.54) is 7.11 Å². The van der Waals surface area contributed by atoms with Gasteiger partial charge >= 0.3 is 12.1 Å². The molecule has 1 aliphatic rings. The smallest absolute Gasteiger partial charge is 0.413 e. The van der Waals surface area contributed by atoms with Crippen LogP contribution in [0.1, 0.15) is 45.0 Å². The van der Waals surface area contributed by atoms with Gasteiger partial charge in [-0.05, 0) is 46.8 Å². The molecule has 7 heteroatoms. The van der Waals surface area contributed by atoms with Crippen LogP contribution >= 0.6 is 0 Å². The lowest BCUT2D eigenvalue weighted by atomic mass is 10.2. The molecule has 0 N–H and O–H groups in total. The third-order valence-corrected chi connectivity index (χ3v) is 3.89. The Balaban J connectivity index is 2.13. The van der Waals surface area contributed by atoms with Gasteiger partial charge in [0.1, 0.15) is 29.2 Å². The summed E-state index contributed by atoms with van der Waals surface area (Å²) in [6.07, 6.45) is -0.463. The van der Waals surface area contributed by atoms with E-state index >= 15 is 0 Å². The molecule has 26 heavy (non-hydrogen) atoms. The van der Waals surface area contributed by atoms with E-state index in [0.717, 1.165) is 0 Å². The van der Waals surface area contributed by atoms with E-state index in [4.69, 9.17) is 18.9 Å². The van der Waals surface area contributed by atoms with Crippen molar-refractivity contribution in [3.05, 3.63) is 29.8 Å². The summed E-state index contributed by atoms with van der Waals surface area (Å²) >= 11 is 0. The van der Waals surface area contributed by atoms with Gasteiger partial charge in [0.05, 0.1) is 19.8 Å². The Hall–Kier alpha value is -2.28. The average molecular weight is 365 g/mol. The van der Waals surface area contributed by atoms with Crippen LogP contribution in [0.3, 0.4) is 0 Å². The second kappa shape index (κ2) is 7.53. The topological polar surface area (TPSA) is 74.3 Å². The highest BCUT2D eigenvalue weighted by Gasteiger charge is 2.46. The summed E-state index contributed by atoms with van der Waals surface area (Å²) in [5, 5.41) is 0. The van der Waals surface area contributed by atoms with Gasteiger partial charge in [0, 0.05) is 0 Å². The van der Waals surface area contributed by atoms with Crippen molar-refractivity contribution < 1.29 is 28.5 Å². The molecule has 0 bridgehead atoms. The number of hydrogen-bond acceptors (Lipinski definition) is 6. The van der Waals surface area contributed by atoms with E-state index in [-0.39, 0.29) is 12.6 Å². The number of rotatable bonds is 4. The maximum absolute atomic E-state index is 12.6. The Labute approximate surface area is 154 Å².